The molecule has 0 radical (unpaired) electrons. The van der Waals surface area contributed by atoms with Gasteiger partial charge >= 0.3 is 0 Å². The topological polar surface area (TPSA) is 41.1 Å². The van der Waals surface area contributed by atoms with Crippen LogP contribution in [0.2, 0.25) is 0 Å². The molecule has 0 fully saturated rings. The van der Waals surface area contributed by atoms with Crippen molar-refractivity contribution in [2.45, 2.75) is 26.3 Å². The fourth-order valence-electron chi connectivity index (χ4n) is 0.599. The van der Waals surface area contributed by atoms with Gasteiger partial charge < -0.3 is 10.6 Å². The van der Waals surface area contributed by atoms with Gasteiger partial charge in [0.05, 0.1) is 0 Å². The molecule has 2 N–H and O–H groups in total. The molecule has 0 atom stereocenters. The lowest BCUT2D eigenvalue weighted by Crippen LogP contribution is -2.28. The third kappa shape index (κ3) is 5.56. The molecular weight excluding hydrogens is 128 g/mol. The Morgan fingerprint density at radius 3 is 2.50 bits per heavy atom. The zero-order valence-corrected chi connectivity index (χ0v) is 6.90. The zero-order chi connectivity index (χ0) is 7.98. The number of carbonyl (C=O) groups is 1. The molecule has 0 saturated heterocycles. The zero-order valence-electron chi connectivity index (χ0n) is 6.90. The normalized spacial score (nSPS) is 10.0. The first-order valence-electron chi connectivity index (χ1n) is 3.60. The fraction of sp³-hybridized carbons (Fsp3) is 0.857. The van der Waals surface area contributed by atoms with Crippen LogP contribution >= 0.6 is 0 Å². The number of nitrogens with one attached hydrogen (secondary N) is 2. The SMILES string of the molecule is CNC(=O)CCNC(C)C. The van der Waals surface area contributed by atoms with E-state index >= 15 is 0 Å². The molecule has 0 rings (SSSR count). The summed E-state index contributed by atoms with van der Waals surface area (Å²) in [5.41, 5.74) is 0. The second-order valence-corrected chi connectivity index (χ2v) is 2.53. The molecule has 0 aromatic rings. The lowest BCUT2D eigenvalue weighted by molar-refractivity contribution is -0.120. The Morgan fingerprint density at radius 2 is 2.10 bits per heavy atom. The average Bonchev–Trinajstić information content (AvgIpc) is 1.87. The van der Waals surface area contributed by atoms with Crippen molar-refractivity contribution in [1.82, 2.24) is 10.6 Å². The molecule has 3 heteroatoms. The van der Waals surface area contributed by atoms with Crippen molar-refractivity contribution in [1.29, 1.82) is 0 Å². The molecule has 0 aliphatic heterocycles. The van der Waals surface area contributed by atoms with Gasteiger partial charge in [-0.3, -0.25) is 4.79 Å². The van der Waals surface area contributed by atoms with E-state index in [1.807, 2.05) is 0 Å². The molecule has 0 aromatic carbocycles. The van der Waals surface area contributed by atoms with Crippen molar-refractivity contribution in [2.75, 3.05) is 13.6 Å². The summed E-state index contributed by atoms with van der Waals surface area (Å²) in [5.74, 6) is 0.0909. The van der Waals surface area contributed by atoms with Gasteiger partial charge in [-0.1, -0.05) is 13.8 Å². The van der Waals surface area contributed by atoms with E-state index in [4.69, 9.17) is 0 Å². The van der Waals surface area contributed by atoms with Crippen molar-refractivity contribution in [3.63, 3.8) is 0 Å². The van der Waals surface area contributed by atoms with Crippen LogP contribution in [0.4, 0.5) is 0 Å². The van der Waals surface area contributed by atoms with E-state index in [1.165, 1.54) is 0 Å². The van der Waals surface area contributed by atoms with Gasteiger partial charge in [0.15, 0.2) is 0 Å². The van der Waals surface area contributed by atoms with E-state index in [2.05, 4.69) is 24.5 Å². The molecule has 10 heavy (non-hydrogen) atoms. The molecule has 0 unspecified atom stereocenters. The van der Waals surface area contributed by atoms with Gasteiger partial charge in [-0.2, -0.15) is 0 Å². The Hall–Kier alpha value is -0.570. The van der Waals surface area contributed by atoms with Crippen molar-refractivity contribution < 1.29 is 4.79 Å². The number of rotatable bonds is 4. The minimum atomic E-state index is 0.0909. The number of hydrogen-bond acceptors (Lipinski definition) is 2. The van der Waals surface area contributed by atoms with Crippen LogP contribution in [0.15, 0.2) is 0 Å². The van der Waals surface area contributed by atoms with Gasteiger partial charge in [-0.15, -0.1) is 0 Å². The van der Waals surface area contributed by atoms with E-state index in [9.17, 15) is 4.79 Å². The van der Waals surface area contributed by atoms with E-state index in [0.717, 1.165) is 6.54 Å². The number of hydrogen-bond donors (Lipinski definition) is 2. The Bertz CT molecular complexity index is 102. The first-order chi connectivity index (χ1) is 4.66. The molecule has 0 aliphatic rings. The van der Waals surface area contributed by atoms with Crippen LogP contribution in [-0.2, 0) is 4.79 Å². The van der Waals surface area contributed by atoms with Crippen molar-refractivity contribution in [3.05, 3.63) is 0 Å². The lowest BCUT2D eigenvalue weighted by atomic mass is 10.3. The summed E-state index contributed by atoms with van der Waals surface area (Å²) >= 11 is 0. The summed E-state index contributed by atoms with van der Waals surface area (Å²) < 4.78 is 0. The summed E-state index contributed by atoms with van der Waals surface area (Å²) in [6.07, 6.45) is 0.564. The highest BCUT2D eigenvalue weighted by atomic mass is 16.1. The van der Waals surface area contributed by atoms with E-state index in [0.29, 0.717) is 12.5 Å². The maximum Gasteiger partial charge on any atom is 0.221 e. The van der Waals surface area contributed by atoms with Gasteiger partial charge in [0.25, 0.3) is 0 Å². The molecule has 0 saturated carbocycles. The maximum absolute atomic E-state index is 10.6. The molecule has 0 aromatic heterocycles. The van der Waals surface area contributed by atoms with Crippen LogP contribution in [0, 0.1) is 0 Å². The van der Waals surface area contributed by atoms with Crippen LogP contribution in [-0.4, -0.2) is 25.5 Å². The van der Waals surface area contributed by atoms with E-state index in [1.54, 1.807) is 7.05 Å². The molecular formula is C7H16N2O. The van der Waals surface area contributed by atoms with Crippen LogP contribution in [0.25, 0.3) is 0 Å². The fourth-order valence-corrected chi connectivity index (χ4v) is 0.599. The Kier molecular flexibility index (Phi) is 4.94. The first-order valence-corrected chi connectivity index (χ1v) is 3.60. The summed E-state index contributed by atoms with van der Waals surface area (Å²) in [5, 5.41) is 5.71. The highest BCUT2D eigenvalue weighted by molar-refractivity contribution is 5.75. The molecule has 3 nitrogen and oxygen atoms in total. The Labute approximate surface area is 62.2 Å². The monoisotopic (exact) mass is 144 g/mol. The summed E-state index contributed by atoms with van der Waals surface area (Å²) in [6.45, 7) is 4.88. The predicted octanol–water partition coefficient (Wildman–Crippen LogP) is 0.120. The summed E-state index contributed by atoms with van der Waals surface area (Å²) in [6, 6.07) is 0.463. The standard InChI is InChI=1S/C7H16N2O/c1-6(2)9-5-4-7(10)8-3/h6,9H,4-5H2,1-3H3,(H,8,10). The van der Waals surface area contributed by atoms with Crippen LogP contribution < -0.4 is 10.6 Å². The van der Waals surface area contributed by atoms with Gasteiger partial charge in [-0.05, 0) is 0 Å². The van der Waals surface area contributed by atoms with Gasteiger partial charge in [0, 0.05) is 26.1 Å². The molecule has 0 spiro atoms. The van der Waals surface area contributed by atoms with Crippen LogP contribution in [0.5, 0.6) is 0 Å². The molecule has 0 bridgehead atoms. The van der Waals surface area contributed by atoms with Crippen LogP contribution in [0.1, 0.15) is 20.3 Å². The van der Waals surface area contributed by atoms with Crippen molar-refractivity contribution in [3.8, 4) is 0 Å². The number of carbonyl (C=O) groups excluding carboxylic acids is 1. The quantitative estimate of drug-likeness (QED) is 0.588. The highest BCUT2D eigenvalue weighted by Gasteiger charge is 1.96. The Morgan fingerprint density at radius 1 is 1.50 bits per heavy atom. The third-order valence-electron chi connectivity index (χ3n) is 1.18. The maximum atomic E-state index is 10.6. The molecule has 0 aliphatic carbocycles. The van der Waals surface area contributed by atoms with E-state index < -0.39 is 0 Å². The molecule has 0 heterocycles. The lowest BCUT2D eigenvalue weighted by Gasteiger charge is -2.05. The number of amides is 1. The second kappa shape index (κ2) is 5.23. The van der Waals surface area contributed by atoms with Crippen molar-refractivity contribution in [2.24, 2.45) is 0 Å². The van der Waals surface area contributed by atoms with E-state index in [-0.39, 0.29) is 5.91 Å². The largest absolute Gasteiger partial charge is 0.359 e. The minimum absolute atomic E-state index is 0.0909. The van der Waals surface area contributed by atoms with Gasteiger partial charge in [-0.25, -0.2) is 0 Å². The second-order valence-electron chi connectivity index (χ2n) is 2.53. The third-order valence-corrected chi connectivity index (χ3v) is 1.18. The summed E-state index contributed by atoms with van der Waals surface area (Å²) in [4.78, 5) is 10.6. The van der Waals surface area contributed by atoms with Gasteiger partial charge in [0.2, 0.25) is 5.91 Å². The molecule has 60 valence electrons. The minimum Gasteiger partial charge on any atom is -0.359 e. The summed E-state index contributed by atoms with van der Waals surface area (Å²) in [7, 11) is 1.65. The smallest absolute Gasteiger partial charge is 0.221 e. The first kappa shape index (κ1) is 9.43. The predicted molar refractivity (Wildman–Crippen MR) is 41.8 cm³/mol. The highest BCUT2D eigenvalue weighted by Crippen LogP contribution is 1.79. The molecule has 1 amide bonds. The van der Waals surface area contributed by atoms with Gasteiger partial charge in [0.1, 0.15) is 0 Å². The average molecular weight is 144 g/mol. The van der Waals surface area contributed by atoms with Crippen molar-refractivity contribution >= 4 is 5.91 Å². The van der Waals surface area contributed by atoms with Crippen LogP contribution in [0.3, 0.4) is 0 Å². The Balaban J connectivity index is 3.12.